The van der Waals surface area contributed by atoms with Gasteiger partial charge in [0.1, 0.15) is 5.75 Å². The Hall–Kier alpha value is -3.82. The SMILES string of the molecule is Cc1c(C(=O)N(C)c2ccccc2)oc2nc(-c3ccc(OC(F)(F)F)cc3)nn12. The first-order chi connectivity index (χ1) is 14.2. The summed E-state index contributed by atoms with van der Waals surface area (Å²) < 4.78 is 47.7. The molecule has 0 aliphatic carbocycles. The second-order valence-electron chi connectivity index (χ2n) is 6.42. The van der Waals surface area contributed by atoms with Gasteiger partial charge in [0.15, 0.2) is 5.82 Å². The van der Waals surface area contributed by atoms with Gasteiger partial charge in [-0.05, 0) is 43.3 Å². The van der Waals surface area contributed by atoms with Gasteiger partial charge in [-0.15, -0.1) is 18.3 Å². The molecule has 0 saturated carbocycles. The molecular formula is C20H15F3N4O3. The number of para-hydroxylation sites is 1. The van der Waals surface area contributed by atoms with E-state index >= 15 is 0 Å². The number of halogens is 3. The smallest absolute Gasteiger partial charge is 0.416 e. The Balaban J connectivity index is 1.60. The van der Waals surface area contributed by atoms with E-state index in [1.165, 1.54) is 33.7 Å². The average Bonchev–Trinajstić information content (AvgIpc) is 3.26. The third kappa shape index (κ3) is 3.71. The van der Waals surface area contributed by atoms with Crippen LogP contribution in [0.25, 0.3) is 17.2 Å². The van der Waals surface area contributed by atoms with Gasteiger partial charge in [0, 0.05) is 18.3 Å². The van der Waals surface area contributed by atoms with Crippen LogP contribution < -0.4 is 9.64 Å². The Bertz CT molecular complexity index is 1200. The summed E-state index contributed by atoms with van der Waals surface area (Å²) >= 11 is 0. The minimum atomic E-state index is -4.76. The van der Waals surface area contributed by atoms with Crippen molar-refractivity contribution in [2.24, 2.45) is 0 Å². The number of carbonyl (C=O) groups excluding carboxylic acids is 1. The maximum atomic E-state index is 12.8. The monoisotopic (exact) mass is 416 g/mol. The molecule has 0 saturated heterocycles. The fraction of sp³-hybridized carbons (Fsp3) is 0.150. The number of nitrogens with zero attached hydrogens (tertiary/aromatic N) is 4. The number of hydrogen-bond donors (Lipinski definition) is 0. The molecule has 2 aromatic carbocycles. The standard InChI is InChI=1S/C20H15F3N4O3/c1-12-16(18(28)26(2)14-6-4-3-5-7-14)29-19-24-17(25-27(12)19)13-8-10-15(11-9-13)30-20(21,22)23/h3-11H,1-2H3. The predicted octanol–water partition coefficient (Wildman–Crippen LogP) is 4.47. The van der Waals surface area contributed by atoms with E-state index in [2.05, 4.69) is 14.8 Å². The van der Waals surface area contributed by atoms with Crippen LogP contribution in [0.5, 0.6) is 5.75 Å². The van der Waals surface area contributed by atoms with E-state index < -0.39 is 6.36 Å². The van der Waals surface area contributed by atoms with Crippen LogP contribution in [-0.2, 0) is 0 Å². The normalized spacial score (nSPS) is 11.6. The molecule has 0 spiro atoms. The lowest BCUT2D eigenvalue weighted by atomic mass is 10.2. The number of aryl methyl sites for hydroxylation is 1. The molecule has 0 atom stereocenters. The number of aromatic nitrogens is 3. The van der Waals surface area contributed by atoms with Crippen molar-refractivity contribution in [3.63, 3.8) is 0 Å². The number of ether oxygens (including phenoxy) is 1. The van der Waals surface area contributed by atoms with Crippen molar-refractivity contribution in [2.45, 2.75) is 13.3 Å². The Morgan fingerprint density at radius 1 is 1.10 bits per heavy atom. The molecule has 0 N–H and O–H groups in total. The summed E-state index contributed by atoms with van der Waals surface area (Å²) in [4.78, 5) is 18.5. The van der Waals surface area contributed by atoms with E-state index in [9.17, 15) is 18.0 Å². The van der Waals surface area contributed by atoms with Crippen molar-refractivity contribution in [3.8, 4) is 17.1 Å². The first-order valence-corrected chi connectivity index (χ1v) is 8.78. The molecule has 0 fully saturated rings. The molecule has 10 heteroatoms. The Morgan fingerprint density at radius 2 is 1.77 bits per heavy atom. The molecule has 30 heavy (non-hydrogen) atoms. The lowest BCUT2D eigenvalue weighted by molar-refractivity contribution is -0.274. The van der Waals surface area contributed by atoms with Crippen LogP contribution in [0.4, 0.5) is 18.9 Å². The Kier molecular flexibility index (Phi) is 4.69. The van der Waals surface area contributed by atoms with Crippen molar-refractivity contribution < 1.29 is 27.1 Å². The summed E-state index contributed by atoms with van der Waals surface area (Å²) in [5.41, 5.74) is 1.62. The van der Waals surface area contributed by atoms with E-state index in [0.717, 1.165) is 0 Å². The summed E-state index contributed by atoms with van der Waals surface area (Å²) in [7, 11) is 1.63. The molecular weight excluding hydrogens is 401 g/mol. The number of anilines is 1. The van der Waals surface area contributed by atoms with Crippen LogP contribution in [0.1, 0.15) is 16.2 Å². The van der Waals surface area contributed by atoms with Crippen molar-refractivity contribution in [1.82, 2.24) is 14.6 Å². The number of carbonyl (C=O) groups is 1. The molecule has 2 heterocycles. The third-order valence-electron chi connectivity index (χ3n) is 4.41. The zero-order chi connectivity index (χ0) is 21.5. The number of fused-ring (bicyclic) bond motifs is 1. The van der Waals surface area contributed by atoms with Crippen molar-refractivity contribution in [2.75, 3.05) is 11.9 Å². The highest BCUT2D eigenvalue weighted by Gasteiger charge is 2.31. The highest BCUT2D eigenvalue weighted by atomic mass is 19.4. The average molecular weight is 416 g/mol. The molecule has 1 amide bonds. The molecule has 4 aromatic rings. The van der Waals surface area contributed by atoms with Gasteiger partial charge in [-0.1, -0.05) is 18.2 Å². The lowest BCUT2D eigenvalue weighted by Gasteiger charge is -2.15. The Labute approximate surface area is 168 Å². The minimum absolute atomic E-state index is 0.0943. The van der Waals surface area contributed by atoms with Crippen LogP contribution >= 0.6 is 0 Å². The van der Waals surface area contributed by atoms with Crippen LogP contribution in [0.3, 0.4) is 0 Å². The predicted molar refractivity (Wildman–Crippen MR) is 101 cm³/mol. The van der Waals surface area contributed by atoms with Gasteiger partial charge in [-0.3, -0.25) is 4.79 Å². The maximum Gasteiger partial charge on any atom is 0.573 e. The zero-order valence-electron chi connectivity index (χ0n) is 15.8. The molecule has 0 unspecified atom stereocenters. The highest BCUT2D eigenvalue weighted by molar-refractivity contribution is 6.04. The van der Waals surface area contributed by atoms with E-state index in [0.29, 0.717) is 16.9 Å². The third-order valence-corrected chi connectivity index (χ3v) is 4.41. The number of rotatable bonds is 4. The second kappa shape index (κ2) is 7.21. The molecule has 0 bridgehead atoms. The van der Waals surface area contributed by atoms with Crippen LogP contribution in [0.15, 0.2) is 59.0 Å². The number of alkyl halides is 3. The van der Waals surface area contributed by atoms with E-state index in [1.807, 2.05) is 18.2 Å². The van der Waals surface area contributed by atoms with Gasteiger partial charge in [-0.2, -0.15) is 9.50 Å². The molecule has 4 rings (SSSR count). The van der Waals surface area contributed by atoms with Crippen molar-refractivity contribution >= 4 is 17.4 Å². The van der Waals surface area contributed by atoms with Gasteiger partial charge < -0.3 is 14.1 Å². The highest BCUT2D eigenvalue weighted by Crippen LogP contribution is 2.27. The molecule has 7 nitrogen and oxygen atoms in total. The van der Waals surface area contributed by atoms with E-state index in [-0.39, 0.29) is 29.1 Å². The molecule has 154 valence electrons. The summed E-state index contributed by atoms with van der Waals surface area (Å²) in [6.07, 6.45) is -4.76. The minimum Gasteiger partial charge on any atom is -0.416 e. The topological polar surface area (TPSA) is 72.9 Å². The molecule has 2 aromatic heterocycles. The van der Waals surface area contributed by atoms with Crippen LogP contribution in [0, 0.1) is 6.92 Å². The van der Waals surface area contributed by atoms with Gasteiger partial charge in [0.25, 0.3) is 5.91 Å². The van der Waals surface area contributed by atoms with Gasteiger partial charge in [-0.25, -0.2) is 0 Å². The summed E-state index contributed by atoms with van der Waals surface area (Å²) in [6, 6.07) is 14.2. The van der Waals surface area contributed by atoms with E-state index in [1.54, 1.807) is 26.1 Å². The zero-order valence-corrected chi connectivity index (χ0v) is 15.8. The second-order valence-corrected chi connectivity index (χ2v) is 6.42. The summed E-state index contributed by atoms with van der Waals surface area (Å²) in [6.45, 7) is 1.67. The first kappa shape index (κ1) is 19.5. The lowest BCUT2D eigenvalue weighted by Crippen LogP contribution is -2.26. The van der Waals surface area contributed by atoms with E-state index in [4.69, 9.17) is 4.42 Å². The fourth-order valence-electron chi connectivity index (χ4n) is 2.89. The van der Waals surface area contributed by atoms with Crippen LogP contribution in [-0.4, -0.2) is 33.9 Å². The largest absolute Gasteiger partial charge is 0.573 e. The van der Waals surface area contributed by atoms with Gasteiger partial charge >= 0.3 is 12.2 Å². The molecule has 0 radical (unpaired) electrons. The van der Waals surface area contributed by atoms with Gasteiger partial charge in [0.2, 0.25) is 5.76 Å². The maximum absolute atomic E-state index is 12.8. The number of benzene rings is 2. The molecule has 0 aliphatic heterocycles. The van der Waals surface area contributed by atoms with Gasteiger partial charge in [0.05, 0.1) is 5.69 Å². The number of oxazole rings is 1. The first-order valence-electron chi connectivity index (χ1n) is 8.78. The van der Waals surface area contributed by atoms with Crippen molar-refractivity contribution in [1.29, 1.82) is 0 Å². The number of hydrogen-bond acceptors (Lipinski definition) is 5. The molecule has 0 aliphatic rings. The summed E-state index contributed by atoms with van der Waals surface area (Å²) in [5.74, 6) is -0.269. The summed E-state index contributed by atoms with van der Waals surface area (Å²) in [5, 5.41) is 4.30. The Morgan fingerprint density at radius 3 is 2.37 bits per heavy atom. The van der Waals surface area contributed by atoms with Crippen LogP contribution in [0.2, 0.25) is 0 Å². The van der Waals surface area contributed by atoms with Crippen molar-refractivity contribution in [3.05, 3.63) is 66.1 Å². The fourth-order valence-corrected chi connectivity index (χ4v) is 2.89. The quantitative estimate of drug-likeness (QED) is 0.491. The number of amides is 1.